The zero-order valence-corrected chi connectivity index (χ0v) is 10.4. The molecule has 0 unspecified atom stereocenters. The van der Waals surface area contributed by atoms with Crippen LogP contribution in [-0.2, 0) is 9.84 Å². The minimum absolute atomic E-state index is 0.129. The fourth-order valence-electron chi connectivity index (χ4n) is 1.20. The fourth-order valence-corrected chi connectivity index (χ4v) is 1.68. The standard InChI is InChI=1S/C10H12F2N2O3S/c1-18(16,17)3-2-14-10(15)6-4-7(11)8(12)5-9(6)13/h4-5H,2-3,13H2,1H3,(H,14,15). The molecule has 8 heteroatoms. The van der Waals surface area contributed by atoms with E-state index in [1.165, 1.54) is 0 Å². The summed E-state index contributed by atoms with van der Waals surface area (Å²) in [7, 11) is -3.21. The van der Waals surface area contributed by atoms with Crippen LogP contribution in [0.1, 0.15) is 10.4 Å². The molecule has 0 atom stereocenters. The largest absolute Gasteiger partial charge is 0.398 e. The number of hydrogen-bond acceptors (Lipinski definition) is 4. The van der Waals surface area contributed by atoms with Crippen LogP contribution in [0, 0.1) is 11.6 Å². The summed E-state index contributed by atoms with van der Waals surface area (Å²) in [6.45, 7) is -0.129. The lowest BCUT2D eigenvalue weighted by Gasteiger charge is -2.07. The van der Waals surface area contributed by atoms with E-state index < -0.39 is 27.4 Å². The van der Waals surface area contributed by atoms with Crippen LogP contribution in [0.25, 0.3) is 0 Å². The van der Waals surface area contributed by atoms with Crippen LogP contribution < -0.4 is 11.1 Å². The highest BCUT2D eigenvalue weighted by molar-refractivity contribution is 7.90. The molecule has 100 valence electrons. The van der Waals surface area contributed by atoms with Crippen LogP contribution in [0.5, 0.6) is 0 Å². The van der Waals surface area contributed by atoms with Gasteiger partial charge in [0.1, 0.15) is 9.84 Å². The smallest absolute Gasteiger partial charge is 0.253 e. The van der Waals surface area contributed by atoms with Crippen LogP contribution in [0.15, 0.2) is 12.1 Å². The third-order valence-electron chi connectivity index (χ3n) is 2.10. The minimum atomic E-state index is -3.21. The molecule has 0 aliphatic carbocycles. The topological polar surface area (TPSA) is 89.3 Å². The number of benzene rings is 1. The lowest BCUT2D eigenvalue weighted by molar-refractivity contribution is 0.0956. The van der Waals surface area contributed by atoms with Gasteiger partial charge in [-0.15, -0.1) is 0 Å². The van der Waals surface area contributed by atoms with E-state index in [0.29, 0.717) is 12.1 Å². The van der Waals surface area contributed by atoms with E-state index in [0.717, 1.165) is 6.26 Å². The number of halogens is 2. The first-order valence-electron chi connectivity index (χ1n) is 4.91. The highest BCUT2D eigenvalue weighted by Gasteiger charge is 2.14. The summed E-state index contributed by atoms with van der Waals surface area (Å²) < 4.78 is 47.3. The van der Waals surface area contributed by atoms with Gasteiger partial charge in [-0.2, -0.15) is 0 Å². The SMILES string of the molecule is CS(=O)(=O)CCNC(=O)c1cc(F)c(F)cc1N. The molecule has 0 aromatic heterocycles. The molecule has 0 bridgehead atoms. The van der Waals surface area contributed by atoms with Crippen molar-refractivity contribution in [1.29, 1.82) is 0 Å². The zero-order chi connectivity index (χ0) is 13.9. The van der Waals surface area contributed by atoms with Crippen LogP contribution in [0.3, 0.4) is 0 Å². The summed E-state index contributed by atoms with van der Waals surface area (Å²) in [5, 5.41) is 2.26. The number of rotatable bonds is 4. The predicted molar refractivity (Wildman–Crippen MR) is 62.8 cm³/mol. The molecule has 0 saturated heterocycles. The fraction of sp³-hybridized carbons (Fsp3) is 0.300. The van der Waals surface area contributed by atoms with E-state index in [2.05, 4.69) is 5.32 Å². The minimum Gasteiger partial charge on any atom is -0.398 e. The zero-order valence-electron chi connectivity index (χ0n) is 9.54. The summed E-state index contributed by atoms with van der Waals surface area (Å²) in [6, 6.07) is 1.36. The first kappa shape index (κ1) is 14.4. The molecule has 1 aromatic rings. The molecule has 0 heterocycles. The van der Waals surface area contributed by atoms with E-state index in [9.17, 15) is 22.0 Å². The summed E-state index contributed by atoms with van der Waals surface area (Å²) in [6.07, 6.45) is 1.02. The van der Waals surface area contributed by atoms with Gasteiger partial charge in [0.25, 0.3) is 5.91 Å². The van der Waals surface area contributed by atoms with Gasteiger partial charge >= 0.3 is 0 Å². The van der Waals surface area contributed by atoms with Crippen molar-refractivity contribution in [2.75, 3.05) is 24.3 Å². The van der Waals surface area contributed by atoms with Crippen molar-refractivity contribution in [1.82, 2.24) is 5.32 Å². The molecular formula is C10H12F2N2O3S. The van der Waals surface area contributed by atoms with E-state index in [-0.39, 0.29) is 23.5 Å². The van der Waals surface area contributed by atoms with Gasteiger partial charge in [-0.1, -0.05) is 0 Å². The molecule has 0 spiro atoms. The number of hydrogen-bond donors (Lipinski definition) is 2. The summed E-state index contributed by atoms with van der Waals surface area (Å²) >= 11 is 0. The molecular weight excluding hydrogens is 266 g/mol. The number of carbonyl (C=O) groups excluding carboxylic acids is 1. The molecule has 1 aromatic carbocycles. The van der Waals surface area contributed by atoms with Gasteiger partial charge in [-0.05, 0) is 6.07 Å². The van der Waals surface area contributed by atoms with Crippen molar-refractivity contribution in [2.24, 2.45) is 0 Å². The average molecular weight is 278 g/mol. The lowest BCUT2D eigenvalue weighted by atomic mass is 10.1. The summed E-state index contributed by atoms with van der Waals surface area (Å²) in [4.78, 5) is 11.5. The third kappa shape index (κ3) is 3.95. The first-order chi connectivity index (χ1) is 8.20. The van der Waals surface area contributed by atoms with Crippen molar-refractivity contribution in [3.63, 3.8) is 0 Å². The summed E-state index contributed by atoms with van der Waals surface area (Å²) in [5.74, 6) is -3.35. The maximum atomic E-state index is 12.9. The van der Waals surface area contributed by atoms with E-state index in [1.807, 2.05) is 0 Å². The molecule has 0 aliphatic rings. The average Bonchev–Trinajstić information content (AvgIpc) is 2.21. The highest BCUT2D eigenvalue weighted by atomic mass is 32.2. The Kier molecular flexibility index (Phi) is 4.23. The molecule has 0 aliphatic heterocycles. The van der Waals surface area contributed by atoms with Crippen molar-refractivity contribution >= 4 is 21.4 Å². The third-order valence-corrected chi connectivity index (χ3v) is 3.04. The second-order valence-corrected chi connectivity index (χ2v) is 6.00. The van der Waals surface area contributed by atoms with Crippen LogP contribution in [0.2, 0.25) is 0 Å². The van der Waals surface area contributed by atoms with E-state index in [4.69, 9.17) is 5.73 Å². The number of nitrogens with two attached hydrogens (primary N) is 1. The lowest BCUT2D eigenvalue weighted by Crippen LogP contribution is -2.29. The van der Waals surface area contributed by atoms with Crippen molar-refractivity contribution < 1.29 is 22.0 Å². The Morgan fingerprint density at radius 1 is 1.33 bits per heavy atom. The highest BCUT2D eigenvalue weighted by Crippen LogP contribution is 2.16. The number of carbonyl (C=O) groups is 1. The molecule has 1 rings (SSSR count). The first-order valence-corrected chi connectivity index (χ1v) is 6.97. The molecule has 0 saturated carbocycles. The molecule has 0 radical (unpaired) electrons. The Morgan fingerprint density at radius 3 is 2.44 bits per heavy atom. The van der Waals surface area contributed by atoms with E-state index >= 15 is 0 Å². The second kappa shape index (κ2) is 5.30. The number of nitrogens with one attached hydrogen (secondary N) is 1. The van der Waals surface area contributed by atoms with Gasteiger partial charge in [0.05, 0.1) is 11.3 Å². The van der Waals surface area contributed by atoms with E-state index in [1.54, 1.807) is 0 Å². The van der Waals surface area contributed by atoms with Crippen molar-refractivity contribution in [3.05, 3.63) is 29.3 Å². The van der Waals surface area contributed by atoms with Gasteiger partial charge in [0.2, 0.25) is 0 Å². The molecule has 5 nitrogen and oxygen atoms in total. The van der Waals surface area contributed by atoms with Gasteiger partial charge in [-0.25, -0.2) is 17.2 Å². The molecule has 1 amide bonds. The number of nitrogen functional groups attached to an aromatic ring is 1. The van der Waals surface area contributed by atoms with Gasteiger partial charge < -0.3 is 11.1 Å². The van der Waals surface area contributed by atoms with Crippen LogP contribution >= 0.6 is 0 Å². The summed E-state index contributed by atoms with van der Waals surface area (Å²) in [5.41, 5.74) is 4.91. The normalized spacial score (nSPS) is 11.3. The number of amides is 1. The Bertz CT molecular complexity index is 573. The van der Waals surface area contributed by atoms with Crippen molar-refractivity contribution in [2.45, 2.75) is 0 Å². The quantitative estimate of drug-likeness (QED) is 0.776. The van der Waals surface area contributed by atoms with Gasteiger partial charge in [0.15, 0.2) is 11.6 Å². The monoisotopic (exact) mass is 278 g/mol. The Hall–Kier alpha value is -1.70. The Balaban J connectivity index is 2.76. The predicted octanol–water partition coefficient (Wildman–Crippen LogP) is 0.321. The molecule has 3 N–H and O–H groups in total. The Morgan fingerprint density at radius 2 is 1.89 bits per heavy atom. The maximum Gasteiger partial charge on any atom is 0.253 e. The van der Waals surface area contributed by atoms with Crippen LogP contribution in [0.4, 0.5) is 14.5 Å². The second-order valence-electron chi connectivity index (χ2n) is 3.74. The van der Waals surface area contributed by atoms with Gasteiger partial charge in [0, 0.05) is 24.6 Å². The Labute approximate surface area is 103 Å². The number of anilines is 1. The van der Waals surface area contributed by atoms with Crippen molar-refractivity contribution in [3.8, 4) is 0 Å². The van der Waals surface area contributed by atoms with Gasteiger partial charge in [-0.3, -0.25) is 4.79 Å². The molecule has 18 heavy (non-hydrogen) atoms. The molecule has 0 fully saturated rings. The van der Waals surface area contributed by atoms with Crippen LogP contribution in [-0.4, -0.2) is 32.9 Å². The maximum absolute atomic E-state index is 12.9. The number of sulfone groups is 1.